The Balaban J connectivity index is 1.26. The van der Waals surface area contributed by atoms with Crippen LogP contribution in [0.2, 0.25) is 0 Å². The topological polar surface area (TPSA) is 17.1 Å². The Bertz CT molecular complexity index is 1880. The van der Waals surface area contributed by atoms with E-state index in [-0.39, 0.29) is 16.3 Å². The molecule has 0 saturated heterocycles. The average Bonchev–Trinajstić information content (AvgIpc) is 3.79. The molecule has 1 saturated carbocycles. The lowest BCUT2D eigenvalue weighted by molar-refractivity contribution is 0.0977. The second kappa shape index (κ2) is 16.9. The molecule has 2 aliphatic carbocycles. The molecule has 0 amide bonds. The van der Waals surface area contributed by atoms with Crippen molar-refractivity contribution in [3.8, 4) is 11.1 Å². The van der Waals surface area contributed by atoms with Crippen LogP contribution >= 0.6 is 11.8 Å². The summed E-state index contributed by atoms with van der Waals surface area (Å²) in [4.78, 5) is 20.3. The molecule has 0 aliphatic heterocycles. The summed E-state index contributed by atoms with van der Waals surface area (Å²) < 4.78 is 0. The Morgan fingerprint density at radius 3 is 1.88 bits per heavy atom. The number of rotatable bonds is 16. The van der Waals surface area contributed by atoms with Crippen LogP contribution in [0.4, 0.5) is 0 Å². The number of hydrogen-bond acceptors (Lipinski definition) is 2. The van der Waals surface area contributed by atoms with Gasteiger partial charge in [-0.15, -0.1) is 0 Å². The van der Waals surface area contributed by atoms with Crippen molar-refractivity contribution in [1.29, 1.82) is 0 Å². The number of fused-ring (bicyclic) bond motifs is 3. The summed E-state index contributed by atoms with van der Waals surface area (Å²) in [6.45, 7) is 4.63. The van der Waals surface area contributed by atoms with Gasteiger partial charge in [0.25, 0.3) is 0 Å². The van der Waals surface area contributed by atoms with Crippen LogP contribution in [0.25, 0.3) is 11.1 Å². The first-order valence-electron chi connectivity index (χ1n) is 19.5. The Morgan fingerprint density at radius 1 is 0.647 bits per heavy atom. The minimum Gasteiger partial charge on any atom is -0.294 e. The summed E-state index contributed by atoms with van der Waals surface area (Å²) in [6.07, 6.45) is 15.3. The van der Waals surface area contributed by atoms with Gasteiger partial charge in [-0.3, -0.25) is 4.79 Å². The van der Waals surface area contributed by atoms with Gasteiger partial charge in [0.15, 0.2) is 20.5 Å². The summed E-state index contributed by atoms with van der Waals surface area (Å²) in [6, 6.07) is 45.1. The first kappa shape index (κ1) is 35.9. The van der Waals surface area contributed by atoms with Gasteiger partial charge in [0.1, 0.15) is 0 Å². The van der Waals surface area contributed by atoms with E-state index in [0.717, 1.165) is 30.7 Å². The second-order valence-corrected chi connectivity index (χ2v) is 17.9. The molecule has 0 aromatic heterocycles. The van der Waals surface area contributed by atoms with Gasteiger partial charge < -0.3 is 0 Å². The highest BCUT2D eigenvalue weighted by Gasteiger charge is 2.44. The van der Waals surface area contributed by atoms with E-state index in [1.54, 1.807) is 0 Å². The Kier molecular flexibility index (Phi) is 11.9. The molecule has 5 aromatic rings. The lowest BCUT2D eigenvalue weighted by atomic mass is 9.70. The van der Waals surface area contributed by atoms with Crippen molar-refractivity contribution in [3.63, 3.8) is 0 Å². The van der Waals surface area contributed by atoms with E-state index < -0.39 is 0 Å². The highest BCUT2D eigenvalue weighted by Crippen LogP contribution is 2.55. The summed E-state index contributed by atoms with van der Waals surface area (Å²) in [5, 5.41) is 0. The summed E-state index contributed by atoms with van der Waals surface area (Å²) in [7, 11) is -0.252. The van der Waals surface area contributed by atoms with Crippen LogP contribution < -0.4 is 0 Å². The molecule has 0 heterocycles. The molecule has 0 spiro atoms. The van der Waals surface area contributed by atoms with Crippen LogP contribution in [0, 0.1) is 5.92 Å². The van der Waals surface area contributed by atoms with Crippen molar-refractivity contribution >= 4 is 28.4 Å². The fourth-order valence-corrected chi connectivity index (χ4v) is 11.6. The van der Waals surface area contributed by atoms with Crippen LogP contribution in [0.3, 0.4) is 0 Å². The zero-order valence-electron chi connectivity index (χ0n) is 30.5. The highest BCUT2D eigenvalue weighted by atomic mass is 32.2. The average molecular weight is 710 g/mol. The third-order valence-corrected chi connectivity index (χ3v) is 14.5. The zero-order valence-corrected chi connectivity index (χ0v) is 32.2. The number of unbranched alkanes of at least 4 members (excludes halogenated alkanes) is 2. The minimum absolute atomic E-state index is 0.0747. The van der Waals surface area contributed by atoms with E-state index in [4.69, 9.17) is 0 Å². The van der Waals surface area contributed by atoms with Crippen LogP contribution in [-0.2, 0) is 16.3 Å². The lowest BCUT2D eigenvalue weighted by Crippen LogP contribution is -2.26. The molecule has 0 bridgehead atoms. The van der Waals surface area contributed by atoms with Gasteiger partial charge in [-0.05, 0) is 120 Å². The first-order valence-corrected chi connectivity index (χ1v) is 21.6. The number of Topliss-reactive ketones (excluding diaryl/α,β-unsaturated/α-hetero) is 1. The van der Waals surface area contributed by atoms with Crippen molar-refractivity contribution in [2.75, 3.05) is 0 Å². The van der Waals surface area contributed by atoms with Crippen molar-refractivity contribution in [1.82, 2.24) is 0 Å². The fraction of sp³-hybridized carbons (Fsp3) is 0.354. The van der Waals surface area contributed by atoms with Gasteiger partial charge in [-0.25, -0.2) is 0 Å². The monoisotopic (exact) mass is 709 g/mol. The van der Waals surface area contributed by atoms with Gasteiger partial charge in [0.05, 0.1) is 10.9 Å². The molecular formula is C48H53OS2+. The fourth-order valence-electron chi connectivity index (χ4n) is 8.62. The van der Waals surface area contributed by atoms with E-state index in [2.05, 4.69) is 135 Å². The number of hydrogen-bond donors (Lipinski definition) is 0. The molecule has 1 fully saturated rings. The van der Waals surface area contributed by atoms with E-state index in [1.807, 2.05) is 11.8 Å². The van der Waals surface area contributed by atoms with Crippen LogP contribution in [0.5, 0.6) is 0 Å². The highest BCUT2D eigenvalue weighted by molar-refractivity contribution is 7.99. The third kappa shape index (κ3) is 7.96. The maximum atomic E-state index is 13.7. The quantitative estimate of drug-likeness (QED) is 0.0749. The Hall–Kier alpha value is -3.53. The van der Waals surface area contributed by atoms with Gasteiger partial charge in [0.2, 0.25) is 0 Å². The van der Waals surface area contributed by atoms with Gasteiger partial charge in [0, 0.05) is 27.2 Å². The van der Waals surface area contributed by atoms with E-state index in [1.165, 1.54) is 105 Å². The van der Waals surface area contributed by atoms with Crippen LogP contribution in [0.1, 0.15) is 119 Å². The molecule has 1 atom stereocenters. The van der Waals surface area contributed by atoms with Crippen molar-refractivity contribution in [2.45, 2.75) is 127 Å². The number of benzene rings is 5. The number of ketones is 1. The first-order chi connectivity index (χ1) is 25.1. The summed E-state index contributed by atoms with van der Waals surface area (Å²) >= 11 is 1.82. The molecule has 51 heavy (non-hydrogen) atoms. The molecule has 0 N–H and O–H groups in total. The molecular weight excluding hydrogens is 657 g/mol. The normalized spacial score (nSPS) is 15.4. The number of carbonyl (C=O) groups excluding carboxylic acids is 1. The second-order valence-electron chi connectivity index (χ2n) is 14.7. The lowest BCUT2D eigenvalue weighted by Gasteiger charge is -2.33. The van der Waals surface area contributed by atoms with Gasteiger partial charge in [-0.1, -0.05) is 132 Å². The van der Waals surface area contributed by atoms with Crippen LogP contribution in [-0.4, -0.2) is 5.78 Å². The predicted octanol–water partition coefficient (Wildman–Crippen LogP) is 14.1. The maximum absolute atomic E-state index is 13.7. The molecule has 1 nitrogen and oxygen atoms in total. The Morgan fingerprint density at radius 2 is 1.22 bits per heavy atom. The molecule has 5 aromatic carbocycles. The number of carbonyl (C=O) groups is 1. The van der Waals surface area contributed by atoms with Crippen molar-refractivity contribution < 1.29 is 4.79 Å². The summed E-state index contributed by atoms with van der Waals surface area (Å²) in [5.74, 6) is 1.16. The largest absolute Gasteiger partial charge is 0.294 e. The Labute approximate surface area is 314 Å². The van der Waals surface area contributed by atoms with Crippen LogP contribution in [0.15, 0.2) is 146 Å². The maximum Gasteiger partial charge on any atom is 0.166 e. The zero-order chi connectivity index (χ0) is 35.0. The molecule has 262 valence electrons. The van der Waals surface area contributed by atoms with E-state index in [9.17, 15) is 4.79 Å². The van der Waals surface area contributed by atoms with Gasteiger partial charge in [-0.2, -0.15) is 0 Å². The summed E-state index contributed by atoms with van der Waals surface area (Å²) in [5.41, 5.74) is 6.44. The standard InChI is InChI=1S/C48H53OS2/c1-3-5-32-48(33-6-4-2)45-34-37(47(49)23-15-18-36-16-13-14-17-36)24-30-43(45)44-31-29-42(35-46(44)48)51(40-21-11-8-12-22-40)41-27-25-39(26-28-41)50-38-19-9-7-10-20-38/h7-12,19-22,24-31,34-36H,3-6,13-18,23,32-33H2,1-2H3/q+1. The van der Waals surface area contributed by atoms with E-state index >= 15 is 0 Å². The molecule has 1 unspecified atom stereocenters. The van der Waals surface area contributed by atoms with Gasteiger partial charge >= 0.3 is 0 Å². The van der Waals surface area contributed by atoms with E-state index in [0.29, 0.717) is 12.2 Å². The minimum atomic E-state index is -0.252. The molecule has 7 rings (SSSR count). The molecule has 3 heteroatoms. The predicted molar refractivity (Wildman–Crippen MR) is 217 cm³/mol. The molecule has 0 radical (unpaired) electrons. The van der Waals surface area contributed by atoms with Crippen molar-refractivity contribution in [3.05, 3.63) is 138 Å². The SMILES string of the molecule is CCCCC1(CCCC)c2cc(C(=O)CCCC3CCCC3)ccc2-c2ccc([S+](c3ccccc3)c3ccc(Sc4ccccc4)cc3)cc21. The molecule has 2 aliphatic rings. The van der Waals surface area contributed by atoms with Crippen molar-refractivity contribution in [2.24, 2.45) is 5.92 Å². The third-order valence-electron chi connectivity index (χ3n) is 11.3. The smallest absolute Gasteiger partial charge is 0.166 e.